The van der Waals surface area contributed by atoms with E-state index in [0.29, 0.717) is 29.7 Å². The van der Waals surface area contributed by atoms with E-state index in [-0.39, 0.29) is 53.7 Å². The van der Waals surface area contributed by atoms with Crippen LogP contribution in [0.5, 0.6) is 0 Å². The van der Waals surface area contributed by atoms with Crippen molar-refractivity contribution in [1.82, 2.24) is 35.3 Å². The molecule has 1 fully saturated rings. The first-order valence-corrected chi connectivity index (χ1v) is 16.4. The van der Waals surface area contributed by atoms with E-state index in [1.165, 1.54) is 48.9 Å². The van der Waals surface area contributed by atoms with Crippen LogP contribution < -0.4 is 16.0 Å². The number of piperidine rings is 1. The van der Waals surface area contributed by atoms with Crippen LogP contribution in [-0.2, 0) is 16.0 Å². The van der Waals surface area contributed by atoms with Crippen LogP contribution in [-0.4, -0.2) is 72.7 Å². The van der Waals surface area contributed by atoms with Crippen molar-refractivity contribution in [1.29, 1.82) is 0 Å². The molecule has 5 heterocycles. The van der Waals surface area contributed by atoms with Gasteiger partial charge in [0.15, 0.2) is 11.4 Å². The number of alkyl halides is 2. The summed E-state index contributed by atoms with van der Waals surface area (Å²) in [4.78, 5) is 84.4. The Labute approximate surface area is 298 Å². The van der Waals surface area contributed by atoms with Gasteiger partial charge in [-0.15, -0.1) is 0 Å². The van der Waals surface area contributed by atoms with Crippen molar-refractivity contribution in [2.45, 2.75) is 38.2 Å². The zero-order chi connectivity index (χ0) is 37.2. The molecule has 1 unspecified atom stereocenters. The number of benzene rings is 2. The number of oxazole rings is 1. The highest BCUT2D eigenvalue weighted by molar-refractivity contribution is 6.23. The van der Waals surface area contributed by atoms with Crippen LogP contribution in [0.2, 0.25) is 0 Å². The molecule has 15 nitrogen and oxygen atoms in total. The molecule has 2 aromatic carbocycles. The topological polar surface area (TPSA) is 198 Å². The molecule has 5 aromatic rings. The maximum Gasteiger partial charge on any atom is 0.284 e. The third-order valence-electron chi connectivity index (χ3n) is 8.69. The molecule has 2 aliphatic heterocycles. The Morgan fingerprint density at radius 1 is 0.962 bits per heavy atom. The lowest BCUT2D eigenvalue weighted by molar-refractivity contribution is -0.136. The van der Waals surface area contributed by atoms with Gasteiger partial charge in [0, 0.05) is 36.5 Å². The van der Waals surface area contributed by atoms with Crippen molar-refractivity contribution < 1.29 is 42.0 Å². The average molecular weight is 723 g/mol. The number of amides is 6. The fourth-order valence-electron chi connectivity index (χ4n) is 6.00. The molecule has 268 valence electrons. The zero-order valence-corrected chi connectivity index (χ0v) is 27.5. The fraction of sp³-hybridized carbons (Fsp3) is 0.194. The van der Waals surface area contributed by atoms with Gasteiger partial charge >= 0.3 is 0 Å². The molecule has 3 aromatic heterocycles. The summed E-state index contributed by atoms with van der Waals surface area (Å²) in [5.74, 6) is -3.32. The van der Waals surface area contributed by atoms with Gasteiger partial charge in [0.2, 0.25) is 17.7 Å². The lowest BCUT2D eigenvalue weighted by atomic mass is 10.0. The first kappa shape index (κ1) is 34.5. The Morgan fingerprint density at radius 3 is 2.45 bits per heavy atom. The van der Waals surface area contributed by atoms with Crippen molar-refractivity contribution >= 4 is 41.1 Å². The van der Waals surface area contributed by atoms with Crippen LogP contribution in [0, 0.1) is 0 Å². The van der Waals surface area contributed by atoms with Crippen molar-refractivity contribution in [2.24, 2.45) is 0 Å². The van der Waals surface area contributed by atoms with Crippen molar-refractivity contribution in [2.75, 3.05) is 11.9 Å². The van der Waals surface area contributed by atoms with Crippen LogP contribution in [0.15, 0.2) is 83.9 Å². The van der Waals surface area contributed by atoms with E-state index >= 15 is 0 Å². The van der Waals surface area contributed by atoms with Crippen LogP contribution in [0.1, 0.15) is 78.5 Å². The molecule has 53 heavy (non-hydrogen) atoms. The third kappa shape index (κ3) is 7.03. The number of fused-ring (bicyclic) bond motifs is 1. The number of hydrogen-bond donors (Lipinski definition) is 3. The number of carbonyl (C=O) groups excluding carboxylic acids is 6. The molecule has 1 saturated heterocycles. The van der Waals surface area contributed by atoms with Gasteiger partial charge in [0.25, 0.3) is 30.1 Å². The highest BCUT2D eigenvalue weighted by Crippen LogP contribution is 2.30. The fourth-order valence-corrected chi connectivity index (χ4v) is 6.00. The summed E-state index contributed by atoms with van der Waals surface area (Å²) in [5, 5.41) is 11.3. The normalized spacial score (nSPS) is 15.5. The van der Waals surface area contributed by atoms with Gasteiger partial charge in [-0.1, -0.05) is 6.07 Å². The summed E-state index contributed by atoms with van der Waals surface area (Å²) in [6.45, 7) is 0.280. The highest BCUT2D eigenvalue weighted by atomic mass is 19.3. The quantitative estimate of drug-likeness (QED) is 0.133. The number of anilines is 1. The molecule has 17 heteroatoms. The minimum absolute atomic E-state index is 0.0289. The molecule has 0 spiro atoms. The Balaban J connectivity index is 0.933. The summed E-state index contributed by atoms with van der Waals surface area (Å²) in [6, 6.07) is 13.1. The second kappa shape index (κ2) is 14.4. The van der Waals surface area contributed by atoms with Crippen LogP contribution >= 0.6 is 0 Å². The smallest absolute Gasteiger partial charge is 0.284 e. The number of carbonyl (C=O) groups is 6. The van der Waals surface area contributed by atoms with Gasteiger partial charge in [-0.2, -0.15) is 5.10 Å². The monoisotopic (exact) mass is 722 g/mol. The number of nitrogens with zero attached hydrogens (tertiary/aromatic N) is 5. The van der Waals surface area contributed by atoms with Crippen molar-refractivity contribution in [3.05, 3.63) is 113 Å². The lowest BCUT2D eigenvalue weighted by Gasteiger charge is -2.27. The van der Waals surface area contributed by atoms with Gasteiger partial charge in [-0.25, -0.2) is 18.4 Å². The molecule has 0 aliphatic carbocycles. The molecular weight excluding hydrogens is 694 g/mol. The van der Waals surface area contributed by atoms with Gasteiger partial charge in [0.05, 0.1) is 28.7 Å². The molecule has 2 aliphatic rings. The second-order valence-electron chi connectivity index (χ2n) is 12.1. The van der Waals surface area contributed by atoms with Crippen LogP contribution in [0.3, 0.4) is 0 Å². The van der Waals surface area contributed by atoms with E-state index in [1.54, 1.807) is 24.3 Å². The maximum atomic E-state index is 13.9. The number of nitrogens with one attached hydrogen (secondary N) is 3. The predicted octanol–water partition coefficient (Wildman–Crippen LogP) is 3.88. The predicted molar refractivity (Wildman–Crippen MR) is 180 cm³/mol. The molecule has 3 N–H and O–H groups in total. The molecule has 0 bridgehead atoms. The van der Waals surface area contributed by atoms with Gasteiger partial charge in [0.1, 0.15) is 12.3 Å². The summed E-state index contributed by atoms with van der Waals surface area (Å²) in [5.41, 5.74) is 1.33. The summed E-state index contributed by atoms with van der Waals surface area (Å²) in [6.07, 6.45) is 3.46. The number of aromatic nitrogens is 4. The molecular formula is C36H28F2N8O7. The lowest BCUT2D eigenvalue weighted by Crippen LogP contribution is -2.54. The Bertz CT molecular complexity index is 2270. The number of hydrogen-bond acceptors (Lipinski definition) is 10. The average Bonchev–Trinajstić information content (AvgIpc) is 3.88. The van der Waals surface area contributed by atoms with E-state index in [2.05, 4.69) is 31.0 Å². The highest BCUT2D eigenvalue weighted by Gasteiger charge is 2.44. The summed E-state index contributed by atoms with van der Waals surface area (Å²) >= 11 is 0. The van der Waals surface area contributed by atoms with Crippen molar-refractivity contribution in [3.8, 4) is 17.1 Å². The minimum Gasteiger partial charge on any atom is -0.444 e. The second-order valence-corrected chi connectivity index (χ2v) is 12.1. The molecule has 1 atom stereocenters. The zero-order valence-electron chi connectivity index (χ0n) is 27.5. The maximum absolute atomic E-state index is 13.9. The standard InChI is InChI=1S/C36H28F2N8O7/c37-30(38)29-25(41-32(49)26-18-53-34(42-26)21-11-14-39-15-12-21)17-45(44-29)22-6-4-20(5-7-22)31(48)40-13-1-2-19-3-8-23-24(16-19)36(52)46(35(23)51)27-9-10-28(47)43-33(27)50/h3-8,11-12,14-18,27,30H,1-2,9-10,13H2,(H,40,48)(H,41,49)(H,43,47,50). The van der Waals surface area contributed by atoms with Gasteiger partial charge in [-0.05, 0) is 73.4 Å². The Kier molecular flexibility index (Phi) is 9.37. The SMILES string of the molecule is O=C1CCC(N2C(=O)c3ccc(CCCNC(=O)c4ccc(-n5cc(NC(=O)c6coc(-c7ccncc7)n6)c(C(F)F)n5)cc4)cc3C2=O)C(=O)N1. The van der Waals surface area contributed by atoms with Crippen LogP contribution in [0.25, 0.3) is 17.1 Å². The third-order valence-corrected chi connectivity index (χ3v) is 8.69. The van der Waals surface area contributed by atoms with E-state index < -0.39 is 47.7 Å². The number of halogens is 2. The van der Waals surface area contributed by atoms with Crippen LogP contribution in [0.4, 0.5) is 14.5 Å². The largest absolute Gasteiger partial charge is 0.444 e. The summed E-state index contributed by atoms with van der Waals surface area (Å²) < 4.78 is 34.3. The number of imide groups is 2. The van der Waals surface area contributed by atoms with Gasteiger partial charge in [-0.3, -0.25) is 44.0 Å². The van der Waals surface area contributed by atoms with E-state index in [9.17, 15) is 37.5 Å². The Morgan fingerprint density at radius 2 is 1.72 bits per heavy atom. The van der Waals surface area contributed by atoms with Gasteiger partial charge < -0.3 is 15.1 Å². The molecule has 0 saturated carbocycles. The molecule has 6 amide bonds. The Hall–Kier alpha value is -6.91. The van der Waals surface area contributed by atoms with E-state index in [0.717, 1.165) is 21.4 Å². The first-order chi connectivity index (χ1) is 25.6. The van der Waals surface area contributed by atoms with E-state index in [1.807, 2.05) is 0 Å². The number of pyridine rings is 1. The minimum atomic E-state index is -3.01. The van der Waals surface area contributed by atoms with Crippen molar-refractivity contribution in [3.63, 3.8) is 0 Å². The van der Waals surface area contributed by atoms with E-state index in [4.69, 9.17) is 4.42 Å². The summed E-state index contributed by atoms with van der Waals surface area (Å²) in [7, 11) is 0. The molecule has 7 rings (SSSR count). The molecule has 0 radical (unpaired) electrons. The number of aryl methyl sites for hydroxylation is 1. The number of rotatable bonds is 11. The first-order valence-electron chi connectivity index (χ1n) is 16.4.